The zero-order chi connectivity index (χ0) is 19.5. The molecule has 0 spiro atoms. The lowest BCUT2D eigenvalue weighted by Crippen LogP contribution is -2.40. The van der Waals surface area contributed by atoms with Crippen molar-refractivity contribution in [3.05, 3.63) is 23.8 Å². The minimum absolute atomic E-state index is 0.428. The molecule has 1 aliphatic heterocycles. The first-order valence-corrected chi connectivity index (χ1v) is 8.78. The molecule has 0 saturated carbocycles. The summed E-state index contributed by atoms with van der Waals surface area (Å²) in [5.74, 6) is -0.498. The van der Waals surface area contributed by atoms with Gasteiger partial charge >= 0.3 is 11.8 Å². The summed E-state index contributed by atoms with van der Waals surface area (Å²) >= 11 is 0. The lowest BCUT2D eigenvalue weighted by molar-refractivity contribution is -0.139. The molecule has 1 aromatic carbocycles. The molecule has 2 amide bonds. The summed E-state index contributed by atoms with van der Waals surface area (Å²) in [6.07, 6.45) is 2.16. The lowest BCUT2D eigenvalue weighted by atomic mass is 10.2. The van der Waals surface area contributed by atoms with E-state index >= 15 is 0 Å². The maximum atomic E-state index is 11.8. The van der Waals surface area contributed by atoms with Gasteiger partial charge in [-0.3, -0.25) is 14.5 Å². The Morgan fingerprint density at radius 3 is 2.70 bits per heavy atom. The topological polar surface area (TPSA) is 101 Å². The second-order valence-electron chi connectivity index (χ2n) is 5.85. The molecule has 148 valence electrons. The van der Waals surface area contributed by atoms with Gasteiger partial charge in [0.1, 0.15) is 0 Å². The normalized spacial score (nSPS) is 14.7. The number of morpholine rings is 1. The molecule has 2 N–H and O–H groups in total. The van der Waals surface area contributed by atoms with E-state index < -0.39 is 11.8 Å². The van der Waals surface area contributed by atoms with E-state index in [0.29, 0.717) is 23.6 Å². The molecule has 0 bridgehead atoms. The molecule has 0 radical (unpaired) electrons. The Balaban J connectivity index is 1.73. The molecule has 2 rings (SSSR count). The van der Waals surface area contributed by atoms with Crippen LogP contribution in [0, 0.1) is 0 Å². The number of benzene rings is 1. The zero-order valence-electron chi connectivity index (χ0n) is 15.7. The maximum Gasteiger partial charge on any atom is 0.329 e. The lowest BCUT2D eigenvalue weighted by Gasteiger charge is -2.26. The van der Waals surface area contributed by atoms with Crippen molar-refractivity contribution in [1.82, 2.24) is 15.6 Å². The molecule has 27 heavy (non-hydrogen) atoms. The Kier molecular flexibility index (Phi) is 8.53. The van der Waals surface area contributed by atoms with Crippen LogP contribution in [0.5, 0.6) is 11.5 Å². The fourth-order valence-corrected chi connectivity index (χ4v) is 2.63. The van der Waals surface area contributed by atoms with Crippen LogP contribution in [0.3, 0.4) is 0 Å². The molecule has 0 atom stereocenters. The van der Waals surface area contributed by atoms with Crippen LogP contribution < -0.4 is 20.2 Å². The number of ether oxygens (including phenoxy) is 3. The molecule has 9 nitrogen and oxygen atoms in total. The highest BCUT2D eigenvalue weighted by molar-refractivity contribution is 6.35. The number of rotatable bonds is 8. The van der Waals surface area contributed by atoms with E-state index in [9.17, 15) is 9.59 Å². The molecule has 1 saturated heterocycles. The summed E-state index contributed by atoms with van der Waals surface area (Å²) < 4.78 is 15.7. The number of nitrogens with one attached hydrogen (secondary N) is 2. The van der Waals surface area contributed by atoms with Crippen LogP contribution in [0.25, 0.3) is 0 Å². The van der Waals surface area contributed by atoms with Crippen LogP contribution in [0.2, 0.25) is 0 Å². The summed E-state index contributed by atoms with van der Waals surface area (Å²) in [6, 6.07) is 5.27. The average molecular weight is 378 g/mol. The first-order chi connectivity index (χ1) is 13.2. The first-order valence-electron chi connectivity index (χ1n) is 8.78. The highest BCUT2D eigenvalue weighted by atomic mass is 16.5. The van der Waals surface area contributed by atoms with Gasteiger partial charge < -0.3 is 19.5 Å². The van der Waals surface area contributed by atoms with Gasteiger partial charge in [-0.15, -0.1) is 0 Å². The standard InChI is InChI=1S/C18H26N4O5/c1-25-15-6-3-5-14(16(15)26-2)13-20-21-18(24)17(23)19-7-4-8-22-9-11-27-12-10-22/h3,5-6,13H,4,7-12H2,1-2H3,(H,19,23)(H,21,24)/b20-13-. The zero-order valence-corrected chi connectivity index (χ0v) is 15.7. The van der Waals surface area contributed by atoms with Gasteiger partial charge in [-0.05, 0) is 25.1 Å². The number of hydrogen-bond donors (Lipinski definition) is 2. The van der Waals surface area contributed by atoms with Crippen LogP contribution in [0.1, 0.15) is 12.0 Å². The van der Waals surface area contributed by atoms with Crippen molar-refractivity contribution < 1.29 is 23.8 Å². The number of amides is 2. The Morgan fingerprint density at radius 2 is 2.00 bits per heavy atom. The predicted octanol–water partition coefficient (Wildman–Crippen LogP) is -0.00760. The fourth-order valence-electron chi connectivity index (χ4n) is 2.63. The molecule has 1 aliphatic rings. The van der Waals surface area contributed by atoms with Gasteiger partial charge in [0.05, 0.1) is 33.6 Å². The van der Waals surface area contributed by atoms with Crippen molar-refractivity contribution in [2.24, 2.45) is 5.10 Å². The smallest absolute Gasteiger partial charge is 0.329 e. The van der Waals surface area contributed by atoms with Gasteiger partial charge in [-0.25, -0.2) is 5.43 Å². The van der Waals surface area contributed by atoms with Crippen molar-refractivity contribution in [3.8, 4) is 11.5 Å². The number of hydrazone groups is 1. The second-order valence-corrected chi connectivity index (χ2v) is 5.85. The summed E-state index contributed by atoms with van der Waals surface area (Å²) in [5, 5.41) is 6.39. The van der Waals surface area contributed by atoms with E-state index in [2.05, 4.69) is 20.7 Å². The Hall–Kier alpha value is -2.65. The van der Waals surface area contributed by atoms with Crippen molar-refractivity contribution in [1.29, 1.82) is 0 Å². The number of hydrogen-bond acceptors (Lipinski definition) is 7. The van der Waals surface area contributed by atoms with Crippen molar-refractivity contribution >= 4 is 18.0 Å². The van der Waals surface area contributed by atoms with Gasteiger partial charge in [0.15, 0.2) is 11.5 Å². The molecular weight excluding hydrogens is 352 g/mol. The quantitative estimate of drug-likeness (QED) is 0.286. The van der Waals surface area contributed by atoms with Crippen molar-refractivity contribution in [2.75, 3.05) is 53.6 Å². The van der Waals surface area contributed by atoms with Crippen LogP contribution >= 0.6 is 0 Å². The predicted molar refractivity (Wildman–Crippen MR) is 100 cm³/mol. The third-order valence-corrected chi connectivity index (χ3v) is 4.05. The number of methoxy groups -OCH3 is 2. The summed E-state index contributed by atoms with van der Waals surface area (Å²) in [7, 11) is 3.04. The van der Waals surface area contributed by atoms with Crippen molar-refractivity contribution in [3.63, 3.8) is 0 Å². The molecule has 1 heterocycles. The number of para-hydroxylation sites is 1. The van der Waals surface area contributed by atoms with E-state index in [-0.39, 0.29) is 0 Å². The van der Waals surface area contributed by atoms with Gasteiger partial charge in [0.25, 0.3) is 0 Å². The molecule has 0 aromatic heterocycles. The molecule has 1 aromatic rings. The molecular formula is C18H26N4O5. The number of nitrogens with zero attached hydrogens (tertiary/aromatic N) is 2. The molecule has 0 unspecified atom stereocenters. The van der Waals surface area contributed by atoms with E-state index in [4.69, 9.17) is 14.2 Å². The Labute approximate surface area is 158 Å². The van der Waals surface area contributed by atoms with Gasteiger partial charge in [0, 0.05) is 25.2 Å². The Morgan fingerprint density at radius 1 is 1.22 bits per heavy atom. The summed E-state index contributed by atoms with van der Waals surface area (Å²) in [4.78, 5) is 25.8. The van der Waals surface area contributed by atoms with Gasteiger partial charge in [-0.1, -0.05) is 6.07 Å². The van der Waals surface area contributed by atoms with Gasteiger partial charge in [0.2, 0.25) is 0 Å². The van der Waals surface area contributed by atoms with Crippen LogP contribution in [0.15, 0.2) is 23.3 Å². The van der Waals surface area contributed by atoms with Crippen LogP contribution in [-0.2, 0) is 14.3 Å². The van der Waals surface area contributed by atoms with Crippen molar-refractivity contribution in [2.45, 2.75) is 6.42 Å². The molecule has 9 heteroatoms. The highest BCUT2D eigenvalue weighted by Gasteiger charge is 2.13. The number of carbonyl (C=O) groups is 2. The monoisotopic (exact) mass is 378 g/mol. The maximum absolute atomic E-state index is 11.8. The number of carbonyl (C=O) groups excluding carboxylic acids is 2. The van der Waals surface area contributed by atoms with E-state index in [1.807, 2.05) is 0 Å². The largest absolute Gasteiger partial charge is 0.493 e. The Bertz CT molecular complexity index is 659. The van der Waals surface area contributed by atoms with Crippen LogP contribution in [-0.4, -0.2) is 76.5 Å². The summed E-state index contributed by atoms with van der Waals surface area (Å²) in [6.45, 7) is 4.57. The SMILES string of the molecule is COc1cccc(/C=N\NC(=O)C(=O)NCCCN2CCOCC2)c1OC. The van der Waals surface area contributed by atoms with E-state index in [0.717, 1.165) is 39.3 Å². The fraction of sp³-hybridized carbons (Fsp3) is 0.500. The summed E-state index contributed by atoms with van der Waals surface area (Å²) in [5.41, 5.74) is 2.82. The molecule has 0 aliphatic carbocycles. The highest BCUT2D eigenvalue weighted by Crippen LogP contribution is 2.29. The molecule has 1 fully saturated rings. The van der Waals surface area contributed by atoms with Gasteiger partial charge in [-0.2, -0.15) is 5.10 Å². The third-order valence-electron chi connectivity index (χ3n) is 4.05. The van der Waals surface area contributed by atoms with E-state index in [1.165, 1.54) is 20.4 Å². The average Bonchev–Trinajstić information content (AvgIpc) is 2.71. The second kappa shape index (κ2) is 11.1. The third kappa shape index (κ3) is 6.54. The minimum atomic E-state index is -0.820. The van der Waals surface area contributed by atoms with E-state index in [1.54, 1.807) is 18.2 Å². The van der Waals surface area contributed by atoms with Crippen LogP contribution in [0.4, 0.5) is 0 Å². The first kappa shape index (κ1) is 20.7. The minimum Gasteiger partial charge on any atom is -0.493 e.